The molecule has 5 rings (SSSR count). The summed E-state index contributed by atoms with van der Waals surface area (Å²) in [6, 6.07) is 10.5. The van der Waals surface area contributed by atoms with Crippen molar-refractivity contribution in [3.05, 3.63) is 60.0 Å². The van der Waals surface area contributed by atoms with E-state index in [-0.39, 0.29) is 36.5 Å². The number of aromatic nitrogens is 4. The molecule has 1 aromatic carbocycles. The van der Waals surface area contributed by atoms with Crippen LogP contribution in [0.5, 0.6) is 0 Å². The first-order valence-corrected chi connectivity index (χ1v) is 19.1. The number of hydrogen-bond acceptors (Lipinski definition) is 9. The van der Waals surface area contributed by atoms with E-state index in [0.29, 0.717) is 44.6 Å². The molecule has 1 saturated heterocycles. The molecule has 1 fully saturated rings. The number of likely N-dealkylation sites (N-methyl/N-ethyl adjacent to an activating group) is 1. The minimum absolute atomic E-state index is 0.0919. The summed E-state index contributed by atoms with van der Waals surface area (Å²) < 4.78 is 15.0. The predicted octanol–water partition coefficient (Wildman–Crippen LogP) is 4.76. The zero-order valence-corrected chi connectivity index (χ0v) is 33.4. The van der Waals surface area contributed by atoms with Gasteiger partial charge in [-0.05, 0) is 74.9 Å². The van der Waals surface area contributed by atoms with Crippen molar-refractivity contribution < 1.29 is 28.7 Å². The average molecular weight is 757 g/mol. The van der Waals surface area contributed by atoms with Gasteiger partial charge in [0.1, 0.15) is 12.1 Å². The lowest BCUT2D eigenvalue weighted by molar-refractivity contribution is -0.142. The summed E-state index contributed by atoms with van der Waals surface area (Å²) in [5.41, 5.74) is 9.33. The van der Waals surface area contributed by atoms with Gasteiger partial charge in [-0.1, -0.05) is 33.8 Å². The zero-order valence-electron chi connectivity index (χ0n) is 33.4. The van der Waals surface area contributed by atoms with Crippen molar-refractivity contribution in [3.63, 3.8) is 0 Å². The van der Waals surface area contributed by atoms with Crippen molar-refractivity contribution >= 4 is 35.6 Å². The Bertz CT molecular complexity index is 1960. The third-order valence-electron chi connectivity index (χ3n) is 10.3. The average Bonchev–Trinajstić information content (AvgIpc) is 3.77. The maximum Gasteiger partial charge on any atom is 0.293 e. The van der Waals surface area contributed by atoms with E-state index < -0.39 is 18.0 Å². The van der Waals surface area contributed by atoms with E-state index in [2.05, 4.69) is 54.3 Å². The molecule has 0 bridgehead atoms. The highest BCUT2D eigenvalue weighted by molar-refractivity contribution is 5.95. The number of hydrazine groups is 1. The summed E-state index contributed by atoms with van der Waals surface area (Å²) in [7, 11) is 3.24. The Morgan fingerprint density at radius 3 is 2.56 bits per heavy atom. The van der Waals surface area contributed by atoms with E-state index in [1.54, 1.807) is 30.0 Å². The van der Waals surface area contributed by atoms with Gasteiger partial charge >= 0.3 is 0 Å². The van der Waals surface area contributed by atoms with Gasteiger partial charge in [-0.3, -0.25) is 33.9 Å². The van der Waals surface area contributed by atoms with Crippen LogP contribution in [-0.2, 0) is 48.2 Å². The second kappa shape index (κ2) is 18.0. The third kappa shape index (κ3) is 9.25. The molecular formula is C41H56N8O6. The highest BCUT2D eigenvalue weighted by Crippen LogP contribution is 2.41. The first-order chi connectivity index (χ1) is 26.3. The Morgan fingerprint density at radius 2 is 1.91 bits per heavy atom. The van der Waals surface area contributed by atoms with Crippen molar-refractivity contribution in [2.45, 2.75) is 92.1 Å². The predicted molar refractivity (Wildman–Crippen MR) is 210 cm³/mol. The summed E-state index contributed by atoms with van der Waals surface area (Å²) in [4.78, 5) is 56.4. The molecule has 3 amide bonds. The van der Waals surface area contributed by atoms with Crippen molar-refractivity contribution in [1.82, 2.24) is 40.0 Å². The molecule has 0 saturated carbocycles. The maximum atomic E-state index is 13.9. The number of amides is 3. The number of hydrogen-bond donors (Lipinski definition) is 2. The normalized spacial score (nSPS) is 15.1. The van der Waals surface area contributed by atoms with Gasteiger partial charge in [-0.25, -0.2) is 5.43 Å². The minimum atomic E-state index is -0.929. The number of nitrogens with zero attached hydrogens (tertiary/aromatic N) is 6. The Hall–Kier alpha value is -5.08. The molecule has 55 heavy (non-hydrogen) atoms. The van der Waals surface area contributed by atoms with Gasteiger partial charge in [0.15, 0.2) is 0 Å². The molecule has 3 atom stereocenters. The Morgan fingerprint density at radius 1 is 1.13 bits per heavy atom. The van der Waals surface area contributed by atoms with E-state index in [0.717, 1.165) is 51.8 Å². The van der Waals surface area contributed by atoms with Crippen LogP contribution in [-0.4, -0.2) is 99.9 Å². The number of rotatable bonds is 18. The molecule has 14 heteroatoms. The second-order valence-electron chi connectivity index (χ2n) is 15.4. The first-order valence-electron chi connectivity index (χ1n) is 19.1. The van der Waals surface area contributed by atoms with E-state index in [1.165, 1.54) is 4.90 Å². The molecule has 3 unspecified atom stereocenters. The van der Waals surface area contributed by atoms with Gasteiger partial charge < -0.3 is 24.3 Å². The molecule has 0 radical (unpaired) electrons. The van der Waals surface area contributed by atoms with Crippen molar-refractivity contribution in [2.24, 2.45) is 11.3 Å². The van der Waals surface area contributed by atoms with Gasteiger partial charge in [0, 0.05) is 73.6 Å². The monoisotopic (exact) mass is 756 g/mol. The molecule has 0 spiro atoms. The number of ether oxygens (including phenoxy) is 2. The van der Waals surface area contributed by atoms with Crippen molar-refractivity contribution in [1.29, 1.82) is 0 Å². The van der Waals surface area contributed by atoms with E-state index in [9.17, 15) is 19.2 Å². The quantitative estimate of drug-likeness (QED) is 0.137. The van der Waals surface area contributed by atoms with E-state index >= 15 is 0 Å². The van der Waals surface area contributed by atoms with Gasteiger partial charge in [-0.15, -0.1) is 0 Å². The van der Waals surface area contributed by atoms with Gasteiger partial charge in [-0.2, -0.15) is 5.10 Å². The highest BCUT2D eigenvalue weighted by Gasteiger charge is 2.33. The lowest BCUT2D eigenvalue weighted by Crippen LogP contribution is -2.59. The van der Waals surface area contributed by atoms with Crippen molar-refractivity contribution in [2.75, 3.05) is 33.9 Å². The van der Waals surface area contributed by atoms with Crippen LogP contribution in [0.15, 0.2) is 48.8 Å². The minimum Gasteiger partial charge on any atom is -0.467 e. The molecule has 4 aromatic rings. The van der Waals surface area contributed by atoms with Crippen LogP contribution in [0.25, 0.3) is 33.4 Å². The molecule has 1 aliphatic heterocycles. The largest absolute Gasteiger partial charge is 0.467 e. The third-order valence-corrected chi connectivity index (χ3v) is 10.3. The van der Waals surface area contributed by atoms with Gasteiger partial charge in [0.05, 0.1) is 36.3 Å². The fourth-order valence-corrected chi connectivity index (χ4v) is 7.58. The van der Waals surface area contributed by atoms with E-state index in [4.69, 9.17) is 19.6 Å². The first kappa shape index (κ1) is 41.1. The Balaban J connectivity index is 1.56. The molecule has 2 N–H and O–H groups in total. The number of methoxy groups -OCH3 is 1. The number of pyridine rings is 1. The van der Waals surface area contributed by atoms with Crippen LogP contribution in [0.3, 0.4) is 0 Å². The summed E-state index contributed by atoms with van der Waals surface area (Å²) in [5.74, 6) is -0.839. The van der Waals surface area contributed by atoms with E-state index in [1.807, 2.05) is 45.2 Å². The lowest BCUT2D eigenvalue weighted by Gasteiger charge is -2.33. The highest BCUT2D eigenvalue weighted by atomic mass is 16.5. The fourth-order valence-electron chi connectivity index (χ4n) is 7.58. The maximum absolute atomic E-state index is 13.9. The SMILES string of the molecule is CCn1c(-c2cccnc2C(C)OC)c(CC(C)(C)COC=O)c2cc(-c3ccn(CC(NC(=O)C(C(C)C)N(C)C=O)C(=O)N4CCCCN4)n3)ccc21. The smallest absolute Gasteiger partial charge is 0.293 e. The second-order valence-corrected chi connectivity index (χ2v) is 15.4. The number of carbonyl (C=O) groups excluding carboxylic acids is 4. The topological polar surface area (TPSA) is 153 Å². The molecule has 0 aliphatic carbocycles. The van der Waals surface area contributed by atoms with Crippen LogP contribution >= 0.6 is 0 Å². The lowest BCUT2D eigenvalue weighted by atomic mass is 9.84. The number of aryl methyl sites for hydroxylation is 1. The molecule has 4 heterocycles. The molecule has 14 nitrogen and oxygen atoms in total. The van der Waals surface area contributed by atoms with Gasteiger partial charge in [0.2, 0.25) is 12.3 Å². The van der Waals surface area contributed by atoms with Gasteiger partial charge in [0.25, 0.3) is 12.4 Å². The summed E-state index contributed by atoms with van der Waals surface area (Å²) >= 11 is 0. The number of carbonyl (C=O) groups is 4. The molecule has 3 aromatic heterocycles. The molecule has 296 valence electrons. The van der Waals surface area contributed by atoms with Crippen LogP contribution in [0.4, 0.5) is 0 Å². The Labute approximate surface area is 323 Å². The summed E-state index contributed by atoms with van der Waals surface area (Å²) in [5, 5.41) is 10.5. The molecular weight excluding hydrogens is 701 g/mol. The van der Waals surface area contributed by atoms with Crippen LogP contribution in [0.1, 0.15) is 71.7 Å². The van der Waals surface area contributed by atoms with Crippen LogP contribution < -0.4 is 10.7 Å². The molecule has 1 aliphatic rings. The standard InChI is InChI=1S/C41H56N8O6/c1-9-48-35-15-14-29(21-31(35)32(22-41(5,6)24-55-26-51)38(48)30-13-12-17-42-36(30)28(4)54-8)33-16-20-47(45-33)23-34(40(53)49-19-11-10-18-43-49)44-39(52)37(27(2)3)46(7)25-50/h12-17,20-21,25-28,34,37,43H,9-11,18-19,22-24H2,1-8H3,(H,44,52). The Kier molecular flexibility index (Phi) is 13.5. The van der Waals surface area contributed by atoms with Crippen LogP contribution in [0, 0.1) is 11.3 Å². The summed E-state index contributed by atoms with van der Waals surface area (Å²) in [6.45, 7) is 14.7. The number of fused-ring (bicyclic) bond motifs is 1. The number of benzene rings is 1. The summed E-state index contributed by atoms with van der Waals surface area (Å²) in [6.07, 6.45) is 6.39. The van der Waals surface area contributed by atoms with Crippen molar-refractivity contribution in [3.8, 4) is 22.5 Å². The number of nitrogens with one attached hydrogen (secondary N) is 2. The van der Waals surface area contributed by atoms with Crippen LogP contribution in [0.2, 0.25) is 0 Å². The zero-order chi connectivity index (χ0) is 39.9. The fraction of sp³-hybridized carbons (Fsp3) is 0.512.